The number of fused-ring (bicyclic) bond motifs is 1. The van der Waals surface area contributed by atoms with Crippen molar-refractivity contribution < 1.29 is 19.4 Å². The number of piperidine rings is 1. The first kappa shape index (κ1) is 17.9. The second-order valence-corrected chi connectivity index (χ2v) is 7.34. The molecule has 1 aromatic heterocycles. The van der Waals surface area contributed by atoms with Gasteiger partial charge in [0.05, 0.1) is 11.8 Å². The van der Waals surface area contributed by atoms with Crippen LogP contribution in [0.5, 0.6) is 11.5 Å². The SMILES string of the molecule is Cc1[nH]nc(CCC(=O)N2CC[C@H](c3ccc4c(c3)OCO4)[C@@H](O)C2)c1C. The van der Waals surface area contributed by atoms with Crippen molar-refractivity contribution in [3.63, 3.8) is 0 Å². The Bertz CT molecular complexity index is 848. The number of aromatic nitrogens is 2. The van der Waals surface area contributed by atoms with Crippen LogP contribution in [0.15, 0.2) is 18.2 Å². The van der Waals surface area contributed by atoms with Gasteiger partial charge in [0.15, 0.2) is 11.5 Å². The van der Waals surface area contributed by atoms with Crippen molar-refractivity contribution in [2.45, 2.75) is 45.1 Å². The Balaban J connectivity index is 1.35. The van der Waals surface area contributed by atoms with Crippen LogP contribution >= 0.6 is 0 Å². The fourth-order valence-corrected chi connectivity index (χ4v) is 3.85. The van der Waals surface area contributed by atoms with E-state index in [-0.39, 0.29) is 18.6 Å². The third kappa shape index (κ3) is 3.51. The van der Waals surface area contributed by atoms with Crippen LogP contribution in [0.2, 0.25) is 0 Å². The Morgan fingerprint density at radius 2 is 2.15 bits per heavy atom. The molecule has 1 fully saturated rings. The number of nitrogens with one attached hydrogen (secondary N) is 1. The van der Waals surface area contributed by atoms with E-state index in [1.807, 2.05) is 32.0 Å². The molecular formula is C20H25N3O4. The number of rotatable bonds is 4. The van der Waals surface area contributed by atoms with Crippen molar-refractivity contribution in [3.05, 3.63) is 40.7 Å². The Labute approximate surface area is 158 Å². The Morgan fingerprint density at radius 1 is 1.33 bits per heavy atom. The summed E-state index contributed by atoms with van der Waals surface area (Å²) in [6.45, 7) is 5.23. The van der Waals surface area contributed by atoms with Crippen LogP contribution in [0, 0.1) is 13.8 Å². The number of aryl methyl sites for hydroxylation is 2. The van der Waals surface area contributed by atoms with Crippen LogP contribution in [0.4, 0.5) is 0 Å². The molecule has 0 aliphatic carbocycles. The quantitative estimate of drug-likeness (QED) is 0.859. The van der Waals surface area contributed by atoms with Gasteiger partial charge in [-0.25, -0.2) is 0 Å². The van der Waals surface area contributed by atoms with Gasteiger partial charge < -0.3 is 19.5 Å². The van der Waals surface area contributed by atoms with Gasteiger partial charge in [-0.3, -0.25) is 9.89 Å². The van der Waals surface area contributed by atoms with Gasteiger partial charge in [-0.05, 0) is 43.5 Å². The van der Waals surface area contributed by atoms with Gasteiger partial charge in [-0.2, -0.15) is 5.10 Å². The summed E-state index contributed by atoms with van der Waals surface area (Å²) < 4.78 is 10.8. The summed E-state index contributed by atoms with van der Waals surface area (Å²) >= 11 is 0. The molecule has 7 heteroatoms. The summed E-state index contributed by atoms with van der Waals surface area (Å²) in [5, 5.41) is 17.9. The molecule has 2 atom stereocenters. The normalized spacial score (nSPS) is 21.5. The fourth-order valence-electron chi connectivity index (χ4n) is 3.85. The van der Waals surface area contributed by atoms with Gasteiger partial charge in [0.2, 0.25) is 12.7 Å². The molecule has 2 aromatic rings. The van der Waals surface area contributed by atoms with E-state index in [0.29, 0.717) is 25.9 Å². The molecule has 2 aliphatic rings. The van der Waals surface area contributed by atoms with E-state index in [9.17, 15) is 9.90 Å². The van der Waals surface area contributed by atoms with Crippen LogP contribution in [0.25, 0.3) is 0 Å². The van der Waals surface area contributed by atoms with E-state index in [2.05, 4.69) is 10.2 Å². The maximum absolute atomic E-state index is 12.6. The molecule has 0 spiro atoms. The third-order valence-corrected chi connectivity index (χ3v) is 5.69. The van der Waals surface area contributed by atoms with Crippen LogP contribution in [-0.2, 0) is 11.2 Å². The molecule has 4 rings (SSSR count). The van der Waals surface area contributed by atoms with E-state index in [1.54, 1.807) is 4.90 Å². The summed E-state index contributed by atoms with van der Waals surface area (Å²) in [6, 6.07) is 5.80. The molecule has 0 unspecified atom stereocenters. The van der Waals surface area contributed by atoms with Gasteiger partial charge in [0, 0.05) is 37.5 Å². The van der Waals surface area contributed by atoms with E-state index in [1.165, 1.54) is 0 Å². The van der Waals surface area contributed by atoms with Gasteiger partial charge in [0.1, 0.15) is 0 Å². The van der Waals surface area contributed by atoms with Crippen LogP contribution in [0.1, 0.15) is 41.3 Å². The summed E-state index contributed by atoms with van der Waals surface area (Å²) in [6.07, 6.45) is 1.17. The zero-order chi connectivity index (χ0) is 19.0. The minimum absolute atomic E-state index is 0.000200. The number of carbonyl (C=O) groups excluding carboxylic acids is 1. The highest BCUT2D eigenvalue weighted by atomic mass is 16.7. The van der Waals surface area contributed by atoms with Gasteiger partial charge in [0.25, 0.3) is 0 Å². The van der Waals surface area contributed by atoms with Gasteiger partial charge in [-0.15, -0.1) is 0 Å². The molecule has 27 heavy (non-hydrogen) atoms. The first-order chi connectivity index (χ1) is 13.0. The molecule has 1 aromatic carbocycles. The lowest BCUT2D eigenvalue weighted by Crippen LogP contribution is -2.45. The average Bonchev–Trinajstić information content (AvgIpc) is 3.26. The molecule has 1 saturated heterocycles. The second-order valence-electron chi connectivity index (χ2n) is 7.34. The molecule has 2 aliphatic heterocycles. The number of aromatic amines is 1. The monoisotopic (exact) mass is 371 g/mol. The number of β-amino-alcohol motifs (C(OH)–C–C–N with tert-alkyl or cyclic N) is 1. The number of aliphatic hydroxyl groups excluding tert-OH is 1. The van der Waals surface area contributed by atoms with Crippen molar-refractivity contribution in [3.8, 4) is 11.5 Å². The summed E-state index contributed by atoms with van der Waals surface area (Å²) in [7, 11) is 0. The number of hydrogen-bond donors (Lipinski definition) is 2. The molecular weight excluding hydrogens is 346 g/mol. The van der Waals surface area contributed by atoms with Gasteiger partial charge >= 0.3 is 0 Å². The van der Waals surface area contributed by atoms with E-state index < -0.39 is 6.10 Å². The lowest BCUT2D eigenvalue weighted by Gasteiger charge is -2.36. The molecule has 0 saturated carbocycles. The smallest absolute Gasteiger partial charge is 0.231 e. The number of ether oxygens (including phenoxy) is 2. The largest absolute Gasteiger partial charge is 0.454 e. The zero-order valence-electron chi connectivity index (χ0n) is 15.7. The first-order valence-electron chi connectivity index (χ1n) is 9.38. The molecule has 0 radical (unpaired) electrons. The van der Waals surface area contributed by atoms with E-state index in [4.69, 9.17) is 9.47 Å². The van der Waals surface area contributed by atoms with Crippen molar-refractivity contribution in [2.75, 3.05) is 19.9 Å². The van der Waals surface area contributed by atoms with Crippen LogP contribution in [-0.4, -0.2) is 52.1 Å². The Hall–Kier alpha value is -2.54. The average molecular weight is 371 g/mol. The zero-order valence-corrected chi connectivity index (χ0v) is 15.7. The number of amides is 1. The lowest BCUT2D eigenvalue weighted by molar-refractivity contribution is -0.134. The Kier molecular flexibility index (Phi) is 4.78. The molecule has 7 nitrogen and oxygen atoms in total. The molecule has 0 bridgehead atoms. The Morgan fingerprint density at radius 3 is 2.89 bits per heavy atom. The number of hydrogen-bond acceptors (Lipinski definition) is 5. The fraction of sp³-hybridized carbons (Fsp3) is 0.500. The van der Waals surface area contributed by atoms with E-state index >= 15 is 0 Å². The van der Waals surface area contributed by atoms with Crippen LogP contribution in [0.3, 0.4) is 0 Å². The standard InChI is InChI=1S/C20H25N3O4/c1-12-13(2)21-22-16(12)4-6-20(25)23-8-7-15(17(24)10-23)14-3-5-18-19(9-14)27-11-26-18/h3,5,9,15,17,24H,4,6-8,10-11H2,1-2H3,(H,21,22)/t15-,17+/m1/s1. The maximum Gasteiger partial charge on any atom is 0.231 e. The molecule has 144 valence electrons. The molecule has 3 heterocycles. The van der Waals surface area contributed by atoms with Crippen LogP contribution < -0.4 is 9.47 Å². The van der Waals surface area contributed by atoms with Crippen molar-refractivity contribution in [1.29, 1.82) is 0 Å². The lowest BCUT2D eigenvalue weighted by atomic mass is 9.86. The van der Waals surface area contributed by atoms with Crippen molar-refractivity contribution in [1.82, 2.24) is 15.1 Å². The minimum atomic E-state index is -0.586. The molecule has 1 amide bonds. The maximum atomic E-state index is 12.6. The van der Waals surface area contributed by atoms with E-state index in [0.717, 1.165) is 40.4 Å². The minimum Gasteiger partial charge on any atom is -0.454 e. The third-order valence-electron chi connectivity index (χ3n) is 5.69. The van der Waals surface area contributed by atoms with Gasteiger partial charge in [-0.1, -0.05) is 6.07 Å². The summed E-state index contributed by atoms with van der Waals surface area (Å²) in [5.74, 6) is 1.53. The predicted molar refractivity (Wildman–Crippen MR) is 98.9 cm³/mol. The highest BCUT2D eigenvalue weighted by Gasteiger charge is 2.32. The highest BCUT2D eigenvalue weighted by molar-refractivity contribution is 5.76. The summed E-state index contributed by atoms with van der Waals surface area (Å²) in [4.78, 5) is 14.3. The van der Waals surface area contributed by atoms with Crippen molar-refractivity contribution >= 4 is 5.91 Å². The first-order valence-corrected chi connectivity index (χ1v) is 9.38. The molecule has 2 N–H and O–H groups in total. The number of nitrogens with zero attached hydrogens (tertiary/aromatic N) is 2. The number of H-pyrrole nitrogens is 1. The highest BCUT2D eigenvalue weighted by Crippen LogP contribution is 2.37. The summed E-state index contributed by atoms with van der Waals surface area (Å²) in [5.41, 5.74) is 4.12. The number of benzene rings is 1. The van der Waals surface area contributed by atoms with Crippen molar-refractivity contribution in [2.24, 2.45) is 0 Å². The number of carbonyl (C=O) groups is 1. The number of aliphatic hydroxyl groups is 1. The predicted octanol–water partition coefficient (Wildman–Crippen LogP) is 2.06. The second kappa shape index (κ2) is 7.23. The topological polar surface area (TPSA) is 87.7 Å². The number of likely N-dealkylation sites (tertiary alicyclic amines) is 1.